The third-order valence-electron chi connectivity index (χ3n) is 3.44. The van der Waals surface area contributed by atoms with Gasteiger partial charge in [-0.3, -0.25) is 0 Å². The molecule has 2 heteroatoms. The Labute approximate surface area is 117 Å². The summed E-state index contributed by atoms with van der Waals surface area (Å²) in [5.41, 5.74) is -0.871. The molecule has 0 aromatic heterocycles. The second-order valence-corrected chi connectivity index (χ2v) is 15.8. The van der Waals surface area contributed by atoms with Crippen molar-refractivity contribution < 1.29 is 0 Å². The molecule has 0 aromatic carbocycles. The van der Waals surface area contributed by atoms with E-state index in [1.54, 1.807) is 18.1 Å². The van der Waals surface area contributed by atoms with Gasteiger partial charge in [-0.15, -0.1) is 21.8 Å². The molecule has 0 amide bonds. The maximum absolute atomic E-state index is 2.91. The Morgan fingerprint density at radius 2 is 1.06 bits per heavy atom. The summed E-state index contributed by atoms with van der Waals surface area (Å²) in [6, 6.07) is 4.75. The van der Waals surface area contributed by atoms with Crippen LogP contribution in [0.25, 0.3) is 0 Å². The van der Waals surface area contributed by atoms with Gasteiger partial charge in [-0.1, -0.05) is 72.1 Å². The van der Waals surface area contributed by atoms with Gasteiger partial charge in [0.2, 0.25) is 0 Å². The lowest BCUT2D eigenvalue weighted by Gasteiger charge is -2.25. The van der Waals surface area contributed by atoms with E-state index in [2.05, 4.69) is 42.6 Å². The number of hydrogen-bond acceptors (Lipinski definition) is 0. The summed E-state index contributed by atoms with van der Waals surface area (Å²) in [7, 11) is 0. The Morgan fingerprint density at radius 3 is 1.50 bits per heavy atom. The van der Waals surface area contributed by atoms with Crippen molar-refractivity contribution in [2.24, 2.45) is 0 Å². The molecule has 0 aliphatic heterocycles. The van der Waals surface area contributed by atoms with Crippen LogP contribution in [0, 0.1) is 0 Å². The van der Waals surface area contributed by atoms with Crippen LogP contribution in [0.2, 0.25) is 18.1 Å². The van der Waals surface area contributed by atoms with E-state index in [0.717, 1.165) is 0 Å². The highest BCUT2D eigenvalue weighted by Gasteiger charge is 2.27. The molecule has 0 saturated heterocycles. The maximum Gasteiger partial charge on any atom is 0.125 e. The van der Waals surface area contributed by atoms with Crippen molar-refractivity contribution in [2.75, 3.05) is 0 Å². The van der Waals surface area contributed by atoms with Crippen molar-refractivity contribution >= 4 is 27.4 Å². The average molecular weight is 354 g/mol. The molecule has 0 nitrogen and oxygen atoms in total. The molecule has 0 spiro atoms. The zero-order chi connectivity index (χ0) is 12.3. The van der Waals surface area contributed by atoms with Crippen LogP contribution in [0.1, 0.15) is 72.1 Å². The van der Waals surface area contributed by atoms with Crippen LogP contribution in [0.3, 0.4) is 0 Å². The molecule has 0 N–H and O–H groups in total. The van der Waals surface area contributed by atoms with Crippen LogP contribution in [0.5, 0.6) is 0 Å². The monoisotopic (exact) mass is 354 g/mol. The minimum atomic E-state index is -0.871. The first-order chi connectivity index (χ1) is 7.68. The second kappa shape index (κ2) is 11.1. The first-order valence-electron chi connectivity index (χ1n) is 7.37. The highest BCUT2D eigenvalue weighted by atomic mass is 127. The van der Waals surface area contributed by atoms with Crippen LogP contribution in [0.15, 0.2) is 0 Å². The molecule has 98 valence electrons. The molecule has 16 heavy (non-hydrogen) atoms. The highest BCUT2D eigenvalue weighted by molar-refractivity contribution is 14.1. The molecule has 0 unspecified atom stereocenters. The summed E-state index contributed by atoms with van der Waals surface area (Å²) >= 11 is 2.91. The predicted octanol–water partition coefficient (Wildman–Crippen LogP) is 6.55. The van der Waals surface area contributed by atoms with Crippen LogP contribution >= 0.6 is 21.8 Å². The minimum absolute atomic E-state index is 0.871. The average Bonchev–Trinajstić information content (AvgIpc) is 2.30. The van der Waals surface area contributed by atoms with Crippen LogP contribution in [-0.2, 0) is 0 Å². The van der Waals surface area contributed by atoms with Crippen LogP contribution in [0.4, 0.5) is 0 Å². The number of rotatable bonds is 11. The van der Waals surface area contributed by atoms with Gasteiger partial charge < -0.3 is 0 Å². The van der Waals surface area contributed by atoms with Crippen molar-refractivity contribution in [3.8, 4) is 0 Å². The van der Waals surface area contributed by atoms with Gasteiger partial charge in [0.05, 0.1) is 0 Å². The lowest BCUT2D eigenvalue weighted by Crippen LogP contribution is -2.25. The first-order valence-corrected chi connectivity index (χ1v) is 13.1. The molecule has 0 fully saturated rings. The van der Waals surface area contributed by atoms with E-state index in [0.29, 0.717) is 0 Å². The van der Waals surface area contributed by atoms with Crippen LogP contribution in [-0.4, -0.2) is 5.57 Å². The van der Waals surface area contributed by atoms with Gasteiger partial charge in [0, 0.05) is 0 Å². The Bertz CT molecular complexity index is 140. The maximum atomic E-state index is 2.91. The summed E-state index contributed by atoms with van der Waals surface area (Å²) in [6.07, 6.45) is 11.5. The Balaban J connectivity index is 3.86. The van der Waals surface area contributed by atoms with E-state index in [1.165, 1.54) is 51.4 Å². The van der Waals surface area contributed by atoms with Crippen molar-refractivity contribution in [2.45, 2.75) is 90.3 Å². The summed E-state index contributed by atoms with van der Waals surface area (Å²) in [6.45, 7) is 6.98. The molecule has 0 heterocycles. The topological polar surface area (TPSA) is 0 Å². The fourth-order valence-corrected chi connectivity index (χ4v) is 9.27. The number of unbranched alkanes of at least 4 members (excludes halogenated alkanes) is 5. The Morgan fingerprint density at radius 1 is 0.625 bits per heavy atom. The number of hydrogen-bond donors (Lipinski definition) is 0. The lowest BCUT2D eigenvalue weighted by atomic mass is 10.2. The first kappa shape index (κ1) is 16.9. The lowest BCUT2D eigenvalue weighted by molar-refractivity contribution is 0.693. The molecular weight excluding hydrogens is 323 g/mol. The molecule has 0 saturated carbocycles. The van der Waals surface area contributed by atoms with E-state index in [4.69, 9.17) is 0 Å². The van der Waals surface area contributed by atoms with E-state index in [1.807, 2.05) is 0 Å². The zero-order valence-electron chi connectivity index (χ0n) is 11.7. The third-order valence-corrected chi connectivity index (χ3v) is 12.0. The number of halogens is 1. The summed E-state index contributed by atoms with van der Waals surface area (Å²) in [5, 5.41) is 0. The van der Waals surface area contributed by atoms with Gasteiger partial charge in [0.1, 0.15) is 5.57 Å². The van der Waals surface area contributed by atoms with Gasteiger partial charge in [-0.2, -0.15) is 0 Å². The van der Waals surface area contributed by atoms with Gasteiger partial charge in [-0.05, 0) is 18.1 Å². The molecule has 0 atom stereocenters. The van der Waals surface area contributed by atoms with E-state index >= 15 is 0 Å². The SMILES string of the molecule is CCCCCC[Si](I)(CCCC)CCCC. The zero-order valence-corrected chi connectivity index (χ0v) is 14.8. The molecule has 0 aliphatic carbocycles. The summed E-state index contributed by atoms with van der Waals surface area (Å²) in [5.74, 6) is 0. The van der Waals surface area contributed by atoms with Crippen LogP contribution < -0.4 is 0 Å². The van der Waals surface area contributed by atoms with E-state index in [9.17, 15) is 0 Å². The normalized spacial score (nSPS) is 12.0. The third kappa shape index (κ3) is 9.03. The molecule has 0 aromatic rings. The molecule has 0 bridgehead atoms. The summed E-state index contributed by atoms with van der Waals surface area (Å²) < 4.78 is 0. The van der Waals surface area contributed by atoms with E-state index < -0.39 is 5.57 Å². The predicted molar refractivity (Wildman–Crippen MR) is 88.2 cm³/mol. The quantitative estimate of drug-likeness (QED) is 0.171. The standard InChI is InChI=1S/C14H31ISi/c1-4-7-10-11-14-16(15,12-8-5-2)13-9-6-3/h4-14H2,1-3H3. The van der Waals surface area contributed by atoms with Gasteiger partial charge >= 0.3 is 0 Å². The van der Waals surface area contributed by atoms with Gasteiger partial charge in [0.15, 0.2) is 0 Å². The van der Waals surface area contributed by atoms with Crippen molar-refractivity contribution in [1.29, 1.82) is 0 Å². The van der Waals surface area contributed by atoms with Crippen molar-refractivity contribution in [3.05, 3.63) is 0 Å². The summed E-state index contributed by atoms with van der Waals surface area (Å²) in [4.78, 5) is 0. The largest absolute Gasteiger partial charge is 0.125 e. The second-order valence-electron chi connectivity index (χ2n) is 5.17. The molecule has 0 radical (unpaired) electrons. The van der Waals surface area contributed by atoms with Gasteiger partial charge in [0.25, 0.3) is 0 Å². The Kier molecular flexibility index (Phi) is 11.7. The van der Waals surface area contributed by atoms with E-state index in [-0.39, 0.29) is 0 Å². The highest BCUT2D eigenvalue weighted by Crippen LogP contribution is 2.34. The fraction of sp³-hybridized carbons (Fsp3) is 1.00. The van der Waals surface area contributed by atoms with Crippen molar-refractivity contribution in [1.82, 2.24) is 0 Å². The fourth-order valence-electron chi connectivity index (χ4n) is 2.23. The van der Waals surface area contributed by atoms with Gasteiger partial charge in [-0.25, -0.2) is 0 Å². The van der Waals surface area contributed by atoms with Crippen molar-refractivity contribution in [3.63, 3.8) is 0 Å². The molecule has 0 rings (SSSR count). The minimum Gasteiger partial charge on any atom is -0.119 e. The molecule has 0 aliphatic rings. The Hall–Kier alpha value is 0.947. The smallest absolute Gasteiger partial charge is 0.119 e. The molecular formula is C14H31ISi.